The van der Waals surface area contributed by atoms with E-state index in [4.69, 9.17) is 13.8 Å². The Balaban J connectivity index is 1.92. The van der Waals surface area contributed by atoms with Crippen molar-refractivity contribution in [3.05, 3.63) is 30.1 Å². The lowest BCUT2D eigenvalue weighted by atomic mass is 10.2. The van der Waals surface area contributed by atoms with Gasteiger partial charge in [0.05, 0.1) is 5.34 Å². The van der Waals surface area contributed by atoms with E-state index in [9.17, 15) is 9.36 Å². The van der Waals surface area contributed by atoms with Gasteiger partial charge in [-0.1, -0.05) is 0 Å². The molecule has 0 spiro atoms. The summed E-state index contributed by atoms with van der Waals surface area (Å²) in [5, 5.41) is 1.88. The molecule has 3 fully saturated rings. The zero-order valence-corrected chi connectivity index (χ0v) is 10.5. The van der Waals surface area contributed by atoms with Crippen LogP contribution in [-0.4, -0.2) is 27.0 Å². The first-order chi connectivity index (χ1) is 8.41. The lowest BCUT2D eigenvalue weighted by Gasteiger charge is -2.53. The van der Waals surface area contributed by atoms with Crippen LogP contribution >= 0.6 is 7.82 Å². The summed E-state index contributed by atoms with van der Waals surface area (Å²) in [4.78, 5) is 16.1. The number of aromatic nitrogens is 1. The third-order valence-corrected chi connectivity index (χ3v) is 3.82. The van der Waals surface area contributed by atoms with Crippen LogP contribution in [0.4, 0.5) is 0 Å². The van der Waals surface area contributed by atoms with Crippen molar-refractivity contribution in [2.45, 2.75) is 19.6 Å². The van der Waals surface area contributed by atoms with Crippen molar-refractivity contribution < 1.29 is 23.1 Å². The van der Waals surface area contributed by atoms with Gasteiger partial charge < -0.3 is 0 Å². The second kappa shape index (κ2) is 3.59. The molecule has 0 radical (unpaired) electrons. The lowest BCUT2D eigenvalue weighted by Crippen LogP contribution is -2.65. The number of rotatable bonds is 1. The van der Waals surface area contributed by atoms with Crippen molar-refractivity contribution in [1.82, 2.24) is 15.3 Å². The van der Waals surface area contributed by atoms with Gasteiger partial charge in [-0.05, 0) is 26.0 Å². The topological polar surface area (TPSA) is 81.2 Å². The van der Waals surface area contributed by atoms with Gasteiger partial charge in [0.25, 0.3) is 5.91 Å². The predicted octanol–water partition coefficient (Wildman–Crippen LogP) is 1.49. The SMILES string of the molecule is CC1(C)OP2(=O)ON(O2)N1C(=O)c1ccncc1. The number of nitrogens with zero attached hydrogens (tertiary/aromatic N) is 3. The Kier molecular flexibility index (Phi) is 2.35. The van der Waals surface area contributed by atoms with Crippen molar-refractivity contribution in [1.29, 1.82) is 0 Å². The van der Waals surface area contributed by atoms with E-state index in [-0.39, 0.29) is 0 Å². The highest BCUT2D eigenvalue weighted by Crippen LogP contribution is 2.66. The molecule has 8 nitrogen and oxygen atoms in total. The molecule has 4 heterocycles. The number of hydrogen-bond acceptors (Lipinski definition) is 7. The molecule has 4 rings (SSSR count). The number of hydrazine groups is 1. The second-order valence-electron chi connectivity index (χ2n) is 4.24. The van der Waals surface area contributed by atoms with Crippen LogP contribution in [0.1, 0.15) is 24.2 Å². The number of hydrogen-bond donors (Lipinski definition) is 0. The summed E-state index contributed by atoms with van der Waals surface area (Å²) in [6.07, 6.45) is 2.99. The van der Waals surface area contributed by atoms with Crippen LogP contribution in [-0.2, 0) is 18.3 Å². The van der Waals surface area contributed by atoms with Crippen LogP contribution < -0.4 is 0 Å². The highest BCUT2D eigenvalue weighted by molar-refractivity contribution is 7.49. The number of pyridine rings is 1. The summed E-state index contributed by atoms with van der Waals surface area (Å²) >= 11 is 0. The summed E-state index contributed by atoms with van der Waals surface area (Å²) in [7, 11) is -3.51. The van der Waals surface area contributed by atoms with E-state index < -0.39 is 19.5 Å². The maximum Gasteiger partial charge on any atom is 0.517 e. The molecule has 0 N–H and O–H groups in total. The van der Waals surface area contributed by atoms with Crippen LogP contribution in [0.2, 0.25) is 0 Å². The molecular weight excluding hydrogens is 261 g/mol. The largest absolute Gasteiger partial charge is 0.517 e. The Hall–Kier alpha value is -1.31. The molecular formula is C9H10N3O5P. The summed E-state index contributed by atoms with van der Waals surface area (Å²) in [5.41, 5.74) is -0.732. The first kappa shape index (κ1) is 11.8. The molecule has 3 aliphatic rings. The Morgan fingerprint density at radius 1 is 1.33 bits per heavy atom. The molecule has 2 bridgehead atoms. The Morgan fingerprint density at radius 3 is 2.50 bits per heavy atom. The number of amides is 1. The molecule has 0 unspecified atom stereocenters. The van der Waals surface area contributed by atoms with Gasteiger partial charge in [0.2, 0.25) is 0 Å². The van der Waals surface area contributed by atoms with Crippen molar-refractivity contribution in [2.24, 2.45) is 0 Å². The van der Waals surface area contributed by atoms with Crippen LogP contribution in [0.3, 0.4) is 0 Å². The third-order valence-electron chi connectivity index (χ3n) is 2.47. The van der Waals surface area contributed by atoms with Crippen molar-refractivity contribution in [2.75, 3.05) is 0 Å². The molecule has 9 heteroatoms. The second-order valence-corrected chi connectivity index (χ2v) is 5.64. The van der Waals surface area contributed by atoms with Gasteiger partial charge in [-0.15, -0.1) is 9.25 Å². The van der Waals surface area contributed by atoms with Crippen molar-refractivity contribution >= 4 is 13.7 Å². The van der Waals surface area contributed by atoms with E-state index in [1.54, 1.807) is 26.0 Å². The summed E-state index contributed by atoms with van der Waals surface area (Å²) in [6.45, 7) is 3.19. The highest BCUT2D eigenvalue weighted by Gasteiger charge is 2.62. The molecule has 1 aromatic rings. The summed E-state index contributed by atoms with van der Waals surface area (Å²) in [5.74, 6) is -0.409. The maximum absolute atomic E-state index is 12.3. The first-order valence-corrected chi connectivity index (χ1v) is 6.62. The lowest BCUT2D eigenvalue weighted by molar-refractivity contribution is -0.496. The normalized spacial score (nSPS) is 32.8. The fraction of sp³-hybridized carbons (Fsp3) is 0.333. The molecule has 1 aromatic heterocycles. The fourth-order valence-electron chi connectivity index (χ4n) is 1.73. The third kappa shape index (κ3) is 1.66. The highest BCUT2D eigenvalue weighted by atomic mass is 31.2. The number of phosphoric acid groups is 1. The van der Waals surface area contributed by atoms with E-state index in [1.165, 1.54) is 12.4 Å². The molecule has 0 atom stereocenters. The monoisotopic (exact) mass is 271 g/mol. The molecule has 0 aromatic carbocycles. The average molecular weight is 271 g/mol. The van der Waals surface area contributed by atoms with E-state index in [2.05, 4.69) is 4.98 Å². The molecule has 1 amide bonds. The summed E-state index contributed by atoms with van der Waals surface area (Å²) in [6, 6.07) is 3.10. The van der Waals surface area contributed by atoms with Crippen molar-refractivity contribution in [3.8, 4) is 0 Å². The minimum atomic E-state index is -3.51. The Morgan fingerprint density at radius 2 is 1.94 bits per heavy atom. The quantitative estimate of drug-likeness (QED) is 0.715. The number of carbonyl (C=O) groups is 1. The van der Waals surface area contributed by atoms with Gasteiger partial charge in [-0.2, -0.15) is 5.01 Å². The minimum Gasteiger partial charge on any atom is -0.267 e. The number of fused-ring (bicyclic) bond motifs is 2. The molecule has 3 saturated heterocycles. The molecule has 0 saturated carbocycles. The Bertz CT molecular complexity index is 538. The maximum atomic E-state index is 12.3. The predicted molar refractivity (Wildman–Crippen MR) is 57.2 cm³/mol. The van der Waals surface area contributed by atoms with Crippen LogP contribution in [0.25, 0.3) is 0 Å². The molecule has 96 valence electrons. The summed E-state index contributed by atoms with van der Waals surface area (Å²) < 4.78 is 26.3. The van der Waals surface area contributed by atoms with Gasteiger partial charge >= 0.3 is 7.82 Å². The molecule has 18 heavy (non-hydrogen) atoms. The van der Waals surface area contributed by atoms with Gasteiger partial charge in [-0.3, -0.25) is 14.3 Å². The molecule has 0 aliphatic carbocycles. The standard InChI is InChI=1S/C9H10N3O5P/c1-9(2)11(12-16-18(14,15-9)17-12)8(13)7-3-5-10-6-4-7/h3-6H,1-2H3. The van der Waals surface area contributed by atoms with Gasteiger partial charge in [0, 0.05) is 18.0 Å². The average Bonchev–Trinajstić information content (AvgIpc) is 2.26. The van der Waals surface area contributed by atoms with Crippen LogP contribution in [0.15, 0.2) is 24.5 Å². The fourth-order valence-corrected chi connectivity index (χ4v) is 2.92. The van der Waals surface area contributed by atoms with Gasteiger partial charge in [0.1, 0.15) is 0 Å². The smallest absolute Gasteiger partial charge is 0.267 e. The van der Waals surface area contributed by atoms with E-state index in [0.717, 1.165) is 10.3 Å². The van der Waals surface area contributed by atoms with Crippen LogP contribution in [0, 0.1) is 0 Å². The van der Waals surface area contributed by atoms with E-state index in [1.807, 2.05) is 0 Å². The number of carbonyl (C=O) groups excluding carboxylic acids is 1. The van der Waals surface area contributed by atoms with E-state index in [0.29, 0.717) is 5.56 Å². The van der Waals surface area contributed by atoms with Gasteiger partial charge in [0.15, 0.2) is 5.72 Å². The van der Waals surface area contributed by atoms with Gasteiger partial charge in [-0.25, -0.2) is 4.57 Å². The molecule has 3 aliphatic heterocycles. The zero-order chi connectivity index (χ0) is 13.0. The Labute approximate surface area is 103 Å². The van der Waals surface area contributed by atoms with E-state index >= 15 is 0 Å². The van der Waals surface area contributed by atoms with Crippen molar-refractivity contribution in [3.63, 3.8) is 0 Å². The first-order valence-electron chi connectivity index (χ1n) is 5.16. The van der Waals surface area contributed by atoms with Crippen LogP contribution in [0.5, 0.6) is 0 Å². The zero-order valence-electron chi connectivity index (χ0n) is 9.64. The minimum absolute atomic E-state index is 0.387.